The highest BCUT2D eigenvalue weighted by atomic mass is 31.2. The third kappa shape index (κ3) is 32.4. The van der Waals surface area contributed by atoms with Crippen LogP contribution in [0.25, 0.3) is 0 Å². The Bertz CT molecular complexity index is 1090. The number of aliphatic hydroxyl groups is 1. The van der Waals surface area contributed by atoms with Crippen molar-refractivity contribution >= 4 is 25.7 Å². The van der Waals surface area contributed by atoms with E-state index in [1.165, 1.54) is 32.1 Å². The zero-order chi connectivity index (χ0) is 37.1. The number of hydrogen-bond donors (Lipinski definition) is 4. The fourth-order valence-corrected chi connectivity index (χ4v) is 5.24. The minimum Gasteiger partial charge on any atom is -0.480 e. The molecule has 3 atom stereocenters. The average molecular weight is 726 g/mol. The molecule has 0 spiro atoms. The zero-order valence-corrected chi connectivity index (χ0v) is 31.3. The molecule has 0 radical (unpaired) electrons. The van der Waals surface area contributed by atoms with E-state index in [0.717, 1.165) is 51.4 Å². The highest BCUT2D eigenvalue weighted by molar-refractivity contribution is 7.47. The van der Waals surface area contributed by atoms with Gasteiger partial charge in [-0.3, -0.25) is 18.6 Å². The molecule has 0 aliphatic heterocycles. The van der Waals surface area contributed by atoms with Gasteiger partial charge in [0.05, 0.1) is 13.2 Å². The zero-order valence-electron chi connectivity index (χ0n) is 30.4. The minimum atomic E-state index is -4.76. The van der Waals surface area contributed by atoms with Crippen LogP contribution < -0.4 is 5.32 Å². The Morgan fingerprint density at radius 2 is 1.16 bits per heavy atom. The maximum absolute atomic E-state index is 12.2. The summed E-state index contributed by atoms with van der Waals surface area (Å²) in [7, 11) is -4.76. The normalized spacial score (nSPS) is 14.6. The fourth-order valence-electron chi connectivity index (χ4n) is 4.47. The molecule has 286 valence electrons. The van der Waals surface area contributed by atoms with Crippen molar-refractivity contribution in [3.8, 4) is 0 Å². The number of aliphatic carboxylic acids is 1. The lowest BCUT2D eigenvalue weighted by molar-refractivity contribution is -0.147. The van der Waals surface area contributed by atoms with Crippen LogP contribution >= 0.6 is 7.82 Å². The fraction of sp³-hybridized carbons (Fsp3) is 0.658. The van der Waals surface area contributed by atoms with Crippen molar-refractivity contribution in [1.82, 2.24) is 5.32 Å². The summed E-state index contributed by atoms with van der Waals surface area (Å²) in [5.74, 6) is -2.47. The van der Waals surface area contributed by atoms with Crippen molar-refractivity contribution in [2.24, 2.45) is 0 Å². The first-order chi connectivity index (χ1) is 24.1. The molecule has 11 nitrogen and oxygen atoms in total. The Kier molecular flexibility index (Phi) is 31.5. The van der Waals surface area contributed by atoms with E-state index >= 15 is 0 Å². The topological polar surface area (TPSA) is 169 Å². The van der Waals surface area contributed by atoms with Crippen molar-refractivity contribution in [3.05, 3.63) is 60.8 Å². The number of esters is 1. The summed E-state index contributed by atoms with van der Waals surface area (Å²) in [6.45, 7) is 2.37. The standard InChI is InChI=1S/C38H64NO10P/c1-3-5-7-9-11-13-14-15-16-17-18-19-20-22-23-25-27-29-36(41)39-35(38(43)44)33-49-50(45,46)48-32-34(40)31-47-37(42)30-28-26-24-21-12-10-8-6-4-2/h5,7,11,13,15-16,18-19,22-23,34-35,40H,3-4,6,8-10,12,14,17,20-21,24-33H2,1-2H3,(H,39,41)(H,43,44)(H,45,46)/b7-5-,13-11-,16-15-,19-18-,23-22-. The third-order valence-corrected chi connectivity index (χ3v) is 8.27. The van der Waals surface area contributed by atoms with Crippen LogP contribution in [-0.4, -0.2) is 64.9 Å². The number of nitrogens with one attached hydrogen (secondary N) is 1. The summed E-state index contributed by atoms with van der Waals surface area (Å²) in [5, 5.41) is 21.6. The van der Waals surface area contributed by atoms with Gasteiger partial charge >= 0.3 is 19.8 Å². The van der Waals surface area contributed by atoms with Crippen LogP contribution in [0.4, 0.5) is 0 Å². The van der Waals surface area contributed by atoms with Crippen molar-refractivity contribution in [2.45, 2.75) is 142 Å². The van der Waals surface area contributed by atoms with Gasteiger partial charge in [0.25, 0.3) is 0 Å². The summed E-state index contributed by atoms with van der Waals surface area (Å²) in [6.07, 6.45) is 35.6. The number of rotatable bonds is 33. The molecule has 4 N–H and O–H groups in total. The van der Waals surface area contributed by atoms with Gasteiger partial charge < -0.3 is 25.2 Å². The molecule has 0 fully saturated rings. The molecule has 0 heterocycles. The lowest BCUT2D eigenvalue weighted by atomic mass is 10.1. The van der Waals surface area contributed by atoms with Crippen molar-refractivity contribution in [1.29, 1.82) is 0 Å². The number of unbranched alkanes of at least 4 members (excludes halogenated alkanes) is 9. The maximum Gasteiger partial charge on any atom is 0.472 e. The molecule has 0 rings (SSSR count). The van der Waals surface area contributed by atoms with Crippen LogP contribution in [0.3, 0.4) is 0 Å². The molecule has 0 aromatic rings. The van der Waals surface area contributed by atoms with E-state index in [2.05, 4.69) is 67.8 Å². The highest BCUT2D eigenvalue weighted by Crippen LogP contribution is 2.43. The van der Waals surface area contributed by atoms with E-state index < -0.39 is 57.6 Å². The summed E-state index contributed by atoms with van der Waals surface area (Å²) >= 11 is 0. The minimum absolute atomic E-state index is 0.0649. The Morgan fingerprint density at radius 3 is 1.70 bits per heavy atom. The van der Waals surface area contributed by atoms with Gasteiger partial charge in [0.1, 0.15) is 12.7 Å². The second-order valence-electron chi connectivity index (χ2n) is 12.0. The Balaban J connectivity index is 4.11. The number of amides is 1. The third-order valence-electron chi connectivity index (χ3n) is 7.32. The molecule has 3 unspecified atom stereocenters. The monoisotopic (exact) mass is 725 g/mol. The summed E-state index contributed by atoms with van der Waals surface area (Å²) in [5.41, 5.74) is 0. The van der Waals surface area contributed by atoms with Gasteiger partial charge in [0.15, 0.2) is 6.04 Å². The van der Waals surface area contributed by atoms with Crippen LogP contribution in [0, 0.1) is 0 Å². The summed E-state index contributed by atoms with van der Waals surface area (Å²) in [6, 6.07) is -1.58. The van der Waals surface area contributed by atoms with Gasteiger partial charge in [0, 0.05) is 12.8 Å². The first-order valence-corrected chi connectivity index (χ1v) is 19.8. The molecule has 0 aromatic heterocycles. The Labute approximate surface area is 300 Å². The molecule has 12 heteroatoms. The molecule has 50 heavy (non-hydrogen) atoms. The van der Waals surface area contributed by atoms with Crippen LogP contribution in [0.1, 0.15) is 129 Å². The second kappa shape index (κ2) is 33.3. The van der Waals surface area contributed by atoms with Gasteiger partial charge in [-0.05, 0) is 51.4 Å². The predicted octanol–water partition coefficient (Wildman–Crippen LogP) is 8.44. The predicted molar refractivity (Wildman–Crippen MR) is 198 cm³/mol. The Morgan fingerprint density at radius 1 is 0.660 bits per heavy atom. The summed E-state index contributed by atoms with van der Waals surface area (Å²) in [4.78, 5) is 45.6. The first-order valence-electron chi connectivity index (χ1n) is 18.3. The lowest BCUT2D eigenvalue weighted by Gasteiger charge is -2.18. The van der Waals surface area contributed by atoms with Crippen molar-refractivity contribution in [3.63, 3.8) is 0 Å². The molecular weight excluding hydrogens is 661 g/mol. The average Bonchev–Trinajstić information content (AvgIpc) is 3.08. The van der Waals surface area contributed by atoms with Gasteiger partial charge in [0.2, 0.25) is 5.91 Å². The van der Waals surface area contributed by atoms with E-state index in [1.54, 1.807) is 0 Å². The molecule has 0 aromatic carbocycles. The number of ether oxygens (including phenoxy) is 1. The van der Waals surface area contributed by atoms with Crippen LogP contribution in [-0.2, 0) is 32.7 Å². The van der Waals surface area contributed by atoms with Crippen LogP contribution in [0.2, 0.25) is 0 Å². The molecule has 0 saturated heterocycles. The largest absolute Gasteiger partial charge is 0.480 e. The van der Waals surface area contributed by atoms with E-state index in [9.17, 15) is 34.1 Å². The molecule has 0 aliphatic carbocycles. The second-order valence-corrected chi connectivity index (χ2v) is 13.5. The van der Waals surface area contributed by atoms with E-state index in [-0.39, 0.29) is 12.8 Å². The SMILES string of the molecule is CC/C=C\C/C=C\C/C=C\C/C=C\C/C=C\CCCC(=O)NC(COP(=O)(O)OCC(O)COC(=O)CCCCCCCCCCC)C(=O)O. The number of aliphatic hydroxyl groups excluding tert-OH is 1. The number of hydrogen-bond acceptors (Lipinski definition) is 8. The van der Waals surface area contributed by atoms with Crippen LogP contribution in [0.15, 0.2) is 60.8 Å². The molecule has 0 bridgehead atoms. The van der Waals surface area contributed by atoms with Crippen molar-refractivity contribution in [2.75, 3.05) is 19.8 Å². The molecule has 0 aliphatic rings. The first kappa shape index (κ1) is 47.2. The van der Waals surface area contributed by atoms with E-state index in [0.29, 0.717) is 19.3 Å². The number of carboxylic acid groups (broad SMARTS) is 1. The van der Waals surface area contributed by atoms with Crippen molar-refractivity contribution < 1.29 is 47.8 Å². The number of phosphoric acid groups is 1. The van der Waals surface area contributed by atoms with Gasteiger partial charge in [-0.2, -0.15) is 0 Å². The lowest BCUT2D eigenvalue weighted by Crippen LogP contribution is -2.43. The number of phosphoric ester groups is 1. The molecule has 1 amide bonds. The maximum atomic E-state index is 12.2. The van der Waals surface area contributed by atoms with Gasteiger partial charge in [-0.25, -0.2) is 9.36 Å². The number of allylic oxidation sites excluding steroid dienone is 10. The molecule has 0 saturated carbocycles. The van der Waals surface area contributed by atoms with Gasteiger partial charge in [-0.1, -0.05) is 126 Å². The number of carboxylic acids is 1. The molecular formula is C38H64NO10P. The van der Waals surface area contributed by atoms with Crippen LogP contribution in [0.5, 0.6) is 0 Å². The highest BCUT2D eigenvalue weighted by Gasteiger charge is 2.28. The van der Waals surface area contributed by atoms with E-state index in [4.69, 9.17) is 13.8 Å². The smallest absolute Gasteiger partial charge is 0.472 e. The summed E-state index contributed by atoms with van der Waals surface area (Å²) < 4.78 is 26.6. The number of carbonyl (C=O) groups is 3. The van der Waals surface area contributed by atoms with E-state index in [1.807, 2.05) is 12.2 Å². The Hall–Kier alpha value is -2.82. The number of carbonyl (C=O) groups excluding carboxylic acids is 2. The van der Waals surface area contributed by atoms with Gasteiger partial charge in [-0.15, -0.1) is 0 Å². The quantitative estimate of drug-likeness (QED) is 0.0223.